The molecule has 4 rings (SSSR count). The molecule has 0 radical (unpaired) electrons. The smallest absolute Gasteiger partial charge is 0.160 e. The number of rotatable bonds is 3. The van der Waals surface area contributed by atoms with E-state index in [4.69, 9.17) is 9.72 Å². The van der Waals surface area contributed by atoms with Gasteiger partial charge in [-0.1, -0.05) is 0 Å². The van der Waals surface area contributed by atoms with Crippen LogP contribution in [0.4, 0.5) is 0 Å². The van der Waals surface area contributed by atoms with Crippen molar-refractivity contribution in [2.75, 3.05) is 33.4 Å². The molecule has 2 fully saturated rings. The number of likely N-dealkylation sites (tertiary alicyclic amines) is 1. The van der Waals surface area contributed by atoms with Gasteiger partial charge < -0.3 is 14.2 Å². The molecule has 2 aliphatic rings. The van der Waals surface area contributed by atoms with E-state index in [9.17, 15) is 0 Å². The maximum Gasteiger partial charge on any atom is 0.160 e. The molecule has 1 atom stereocenters. The second-order valence-corrected chi connectivity index (χ2v) is 6.73. The lowest BCUT2D eigenvalue weighted by Gasteiger charge is -2.23. The second-order valence-electron chi connectivity index (χ2n) is 6.73. The Balaban J connectivity index is 1.69. The number of nitrogens with zero attached hydrogens (tertiary/aromatic N) is 4. The number of hydrogen-bond donors (Lipinski definition) is 0. The largest absolute Gasteiger partial charge is 0.381 e. The Kier molecular flexibility index (Phi) is 3.84. The molecule has 2 aromatic heterocycles. The predicted octanol–water partition coefficient (Wildman–Crippen LogP) is 2.28. The minimum Gasteiger partial charge on any atom is -0.381 e. The van der Waals surface area contributed by atoms with E-state index >= 15 is 0 Å². The topological polar surface area (TPSA) is 43.2 Å². The van der Waals surface area contributed by atoms with Crippen LogP contribution in [0.2, 0.25) is 0 Å². The third-order valence-electron chi connectivity index (χ3n) is 5.05. The number of hydrogen-bond acceptors (Lipinski definition) is 4. The fourth-order valence-electron chi connectivity index (χ4n) is 3.86. The van der Waals surface area contributed by atoms with Gasteiger partial charge in [-0.2, -0.15) is 0 Å². The molecule has 5 heteroatoms. The van der Waals surface area contributed by atoms with Crippen molar-refractivity contribution in [1.29, 1.82) is 0 Å². The Hall–Kier alpha value is -1.46. The SMILES string of the molecule is CN1CCC(Cn2c(C3CCOCC3)nc3cccnc32)C1. The minimum absolute atomic E-state index is 0.516. The van der Waals surface area contributed by atoms with E-state index in [0.29, 0.717) is 11.8 Å². The molecule has 0 aliphatic carbocycles. The zero-order valence-corrected chi connectivity index (χ0v) is 13.2. The van der Waals surface area contributed by atoms with Crippen LogP contribution in [-0.4, -0.2) is 52.8 Å². The van der Waals surface area contributed by atoms with Gasteiger partial charge in [0.05, 0.1) is 0 Å². The van der Waals surface area contributed by atoms with Crippen LogP contribution < -0.4 is 0 Å². The molecule has 0 bridgehead atoms. The van der Waals surface area contributed by atoms with Crippen LogP contribution in [0.3, 0.4) is 0 Å². The van der Waals surface area contributed by atoms with Crippen LogP contribution in [0.15, 0.2) is 18.3 Å². The normalized spacial score (nSPS) is 24.3. The lowest BCUT2D eigenvalue weighted by atomic mass is 9.99. The number of imidazole rings is 1. The van der Waals surface area contributed by atoms with Crippen LogP contribution in [0.25, 0.3) is 11.2 Å². The molecule has 118 valence electrons. The van der Waals surface area contributed by atoms with Gasteiger partial charge >= 0.3 is 0 Å². The minimum atomic E-state index is 0.516. The van der Waals surface area contributed by atoms with Gasteiger partial charge in [0.1, 0.15) is 11.3 Å². The average Bonchev–Trinajstić information content (AvgIpc) is 3.13. The molecular weight excluding hydrogens is 276 g/mol. The molecule has 0 amide bonds. The molecule has 2 aromatic rings. The van der Waals surface area contributed by atoms with Crippen molar-refractivity contribution in [1.82, 2.24) is 19.4 Å². The third kappa shape index (κ3) is 2.63. The van der Waals surface area contributed by atoms with E-state index in [2.05, 4.69) is 27.6 Å². The van der Waals surface area contributed by atoms with Crippen molar-refractivity contribution < 1.29 is 4.74 Å². The first-order valence-corrected chi connectivity index (χ1v) is 8.38. The summed E-state index contributed by atoms with van der Waals surface area (Å²) in [6, 6.07) is 4.07. The Bertz CT molecular complexity index is 647. The fourth-order valence-corrected chi connectivity index (χ4v) is 3.86. The van der Waals surface area contributed by atoms with Crippen molar-refractivity contribution in [2.24, 2.45) is 5.92 Å². The molecule has 0 spiro atoms. The standard InChI is InChI=1S/C17H24N4O/c1-20-8-4-13(11-20)12-21-16(14-5-9-22-10-6-14)19-15-3-2-7-18-17(15)21/h2-3,7,13-14H,4-6,8-12H2,1H3. The molecule has 2 saturated heterocycles. The van der Waals surface area contributed by atoms with Crippen LogP contribution in [-0.2, 0) is 11.3 Å². The van der Waals surface area contributed by atoms with Crippen molar-refractivity contribution >= 4 is 11.2 Å². The third-order valence-corrected chi connectivity index (χ3v) is 5.05. The van der Waals surface area contributed by atoms with E-state index in [0.717, 1.165) is 43.8 Å². The van der Waals surface area contributed by atoms with Gasteiger partial charge in [0.25, 0.3) is 0 Å². The molecule has 22 heavy (non-hydrogen) atoms. The quantitative estimate of drug-likeness (QED) is 0.872. The summed E-state index contributed by atoms with van der Waals surface area (Å²) in [5, 5.41) is 0. The highest BCUT2D eigenvalue weighted by Gasteiger charge is 2.26. The van der Waals surface area contributed by atoms with Crippen LogP contribution in [0.1, 0.15) is 31.0 Å². The lowest BCUT2D eigenvalue weighted by Crippen LogP contribution is -2.22. The van der Waals surface area contributed by atoms with Crippen molar-refractivity contribution in [2.45, 2.75) is 31.7 Å². The van der Waals surface area contributed by atoms with Gasteiger partial charge in [-0.05, 0) is 50.9 Å². The molecule has 0 aromatic carbocycles. The molecular formula is C17H24N4O. The summed E-state index contributed by atoms with van der Waals surface area (Å²) in [4.78, 5) is 12.0. The van der Waals surface area contributed by atoms with Crippen LogP contribution >= 0.6 is 0 Å². The lowest BCUT2D eigenvalue weighted by molar-refractivity contribution is 0.0827. The number of ether oxygens (including phenoxy) is 1. The Morgan fingerprint density at radius 2 is 2.14 bits per heavy atom. The van der Waals surface area contributed by atoms with Crippen LogP contribution in [0.5, 0.6) is 0 Å². The molecule has 2 aliphatic heterocycles. The summed E-state index contributed by atoms with van der Waals surface area (Å²) < 4.78 is 7.92. The highest BCUT2D eigenvalue weighted by Crippen LogP contribution is 2.30. The Labute approximate surface area is 131 Å². The summed E-state index contributed by atoms with van der Waals surface area (Å²) in [6.45, 7) is 5.14. The summed E-state index contributed by atoms with van der Waals surface area (Å²) in [5.41, 5.74) is 2.09. The number of aromatic nitrogens is 3. The van der Waals surface area contributed by atoms with E-state index < -0.39 is 0 Å². The zero-order valence-electron chi connectivity index (χ0n) is 13.2. The Morgan fingerprint density at radius 3 is 2.91 bits per heavy atom. The van der Waals surface area contributed by atoms with Gasteiger partial charge in [0.15, 0.2) is 5.65 Å². The summed E-state index contributed by atoms with van der Waals surface area (Å²) in [7, 11) is 2.21. The monoisotopic (exact) mass is 300 g/mol. The average molecular weight is 300 g/mol. The molecule has 0 N–H and O–H groups in total. The first kappa shape index (κ1) is 14.2. The van der Waals surface area contributed by atoms with E-state index in [1.54, 1.807) is 0 Å². The highest BCUT2D eigenvalue weighted by molar-refractivity contribution is 5.71. The summed E-state index contributed by atoms with van der Waals surface area (Å²) >= 11 is 0. The van der Waals surface area contributed by atoms with Crippen molar-refractivity contribution in [3.8, 4) is 0 Å². The maximum atomic E-state index is 5.52. The highest BCUT2D eigenvalue weighted by atomic mass is 16.5. The molecule has 5 nitrogen and oxygen atoms in total. The number of fused-ring (bicyclic) bond motifs is 1. The first-order valence-electron chi connectivity index (χ1n) is 8.38. The zero-order chi connectivity index (χ0) is 14.9. The Morgan fingerprint density at radius 1 is 1.27 bits per heavy atom. The second kappa shape index (κ2) is 5.97. The van der Waals surface area contributed by atoms with E-state index in [-0.39, 0.29) is 0 Å². The van der Waals surface area contributed by atoms with Crippen molar-refractivity contribution in [3.63, 3.8) is 0 Å². The summed E-state index contributed by atoms with van der Waals surface area (Å²) in [5.74, 6) is 2.46. The van der Waals surface area contributed by atoms with Gasteiger partial charge in [0, 0.05) is 38.4 Å². The number of pyridine rings is 1. The van der Waals surface area contributed by atoms with Gasteiger partial charge in [-0.3, -0.25) is 0 Å². The maximum absolute atomic E-state index is 5.52. The predicted molar refractivity (Wildman–Crippen MR) is 85.9 cm³/mol. The van der Waals surface area contributed by atoms with Gasteiger partial charge in [-0.25, -0.2) is 9.97 Å². The van der Waals surface area contributed by atoms with Gasteiger partial charge in [0.2, 0.25) is 0 Å². The van der Waals surface area contributed by atoms with Crippen molar-refractivity contribution in [3.05, 3.63) is 24.2 Å². The fraction of sp³-hybridized carbons (Fsp3) is 0.647. The van der Waals surface area contributed by atoms with Gasteiger partial charge in [-0.15, -0.1) is 0 Å². The van der Waals surface area contributed by atoms with Crippen LogP contribution in [0, 0.1) is 5.92 Å². The summed E-state index contributed by atoms with van der Waals surface area (Å²) in [6.07, 6.45) is 5.31. The first-order chi connectivity index (χ1) is 10.8. The molecule has 1 unspecified atom stereocenters. The van der Waals surface area contributed by atoms with E-state index in [1.807, 2.05) is 12.3 Å². The van der Waals surface area contributed by atoms with E-state index in [1.165, 1.54) is 25.3 Å². The molecule has 0 saturated carbocycles. The molecule has 4 heterocycles.